The number of likely N-dealkylation sites (N-methyl/N-ethyl adjacent to an activating group) is 1. The summed E-state index contributed by atoms with van der Waals surface area (Å²) in [6, 6.07) is 9.17. The van der Waals surface area contributed by atoms with Crippen molar-refractivity contribution in [2.75, 3.05) is 26.8 Å². The molecule has 0 spiro atoms. The summed E-state index contributed by atoms with van der Waals surface area (Å²) in [4.78, 5) is 2.47. The average Bonchev–Trinajstić information content (AvgIpc) is 2.46. The van der Waals surface area contributed by atoms with Gasteiger partial charge in [-0.25, -0.2) is 0 Å². The summed E-state index contributed by atoms with van der Waals surface area (Å²) in [7, 11) is 2.22. The van der Waals surface area contributed by atoms with Gasteiger partial charge in [0.25, 0.3) is 0 Å². The molecular formula is C15H24N2O. The van der Waals surface area contributed by atoms with E-state index in [4.69, 9.17) is 10.5 Å². The summed E-state index contributed by atoms with van der Waals surface area (Å²) in [5.74, 6) is 0. The number of benzene rings is 1. The summed E-state index contributed by atoms with van der Waals surface area (Å²) in [6.45, 7) is 3.56. The molecule has 0 aliphatic carbocycles. The number of nitrogens with zero attached hydrogens (tertiary/aromatic N) is 1. The average molecular weight is 248 g/mol. The van der Waals surface area contributed by atoms with E-state index in [1.807, 2.05) is 0 Å². The van der Waals surface area contributed by atoms with Gasteiger partial charge in [-0.15, -0.1) is 0 Å². The van der Waals surface area contributed by atoms with Crippen LogP contribution in [0.5, 0.6) is 0 Å². The van der Waals surface area contributed by atoms with E-state index in [0.29, 0.717) is 12.6 Å². The Hall–Kier alpha value is -0.900. The molecule has 1 saturated heterocycles. The minimum atomic E-state index is 0.636. The Morgan fingerprint density at radius 3 is 2.56 bits per heavy atom. The largest absolute Gasteiger partial charge is 0.381 e. The van der Waals surface area contributed by atoms with Gasteiger partial charge in [0.15, 0.2) is 0 Å². The van der Waals surface area contributed by atoms with Crippen LogP contribution < -0.4 is 5.73 Å². The first-order valence-corrected chi connectivity index (χ1v) is 6.86. The van der Waals surface area contributed by atoms with E-state index in [1.165, 1.54) is 11.1 Å². The molecular weight excluding hydrogens is 224 g/mol. The Balaban J connectivity index is 1.86. The summed E-state index contributed by atoms with van der Waals surface area (Å²) in [5.41, 5.74) is 8.43. The highest BCUT2D eigenvalue weighted by atomic mass is 16.5. The number of rotatable bonds is 5. The highest BCUT2D eigenvalue weighted by molar-refractivity contribution is 5.27. The SMILES string of the molecule is CN(CCc1ccccc1CN)C1CCOCC1. The first kappa shape index (κ1) is 13.5. The van der Waals surface area contributed by atoms with Crippen LogP contribution >= 0.6 is 0 Å². The Bertz CT molecular complexity index is 361. The smallest absolute Gasteiger partial charge is 0.0480 e. The molecule has 0 bridgehead atoms. The fourth-order valence-corrected chi connectivity index (χ4v) is 2.61. The van der Waals surface area contributed by atoms with Gasteiger partial charge in [0, 0.05) is 32.3 Å². The van der Waals surface area contributed by atoms with Crippen LogP contribution in [0.15, 0.2) is 24.3 Å². The lowest BCUT2D eigenvalue weighted by Crippen LogP contribution is -2.37. The van der Waals surface area contributed by atoms with Crippen LogP contribution in [-0.2, 0) is 17.7 Å². The molecule has 1 aliphatic rings. The zero-order valence-electron chi connectivity index (χ0n) is 11.3. The van der Waals surface area contributed by atoms with Crippen LogP contribution in [0.3, 0.4) is 0 Å². The molecule has 1 heterocycles. The number of nitrogens with two attached hydrogens (primary N) is 1. The van der Waals surface area contributed by atoms with Gasteiger partial charge in [0.1, 0.15) is 0 Å². The number of hydrogen-bond acceptors (Lipinski definition) is 3. The molecule has 0 amide bonds. The van der Waals surface area contributed by atoms with Crippen molar-refractivity contribution in [1.29, 1.82) is 0 Å². The molecule has 18 heavy (non-hydrogen) atoms. The summed E-state index contributed by atoms with van der Waals surface area (Å²) in [5, 5.41) is 0. The Morgan fingerprint density at radius 2 is 1.89 bits per heavy atom. The normalized spacial score (nSPS) is 17.3. The lowest BCUT2D eigenvalue weighted by molar-refractivity contribution is 0.0434. The van der Waals surface area contributed by atoms with Crippen molar-refractivity contribution in [1.82, 2.24) is 4.90 Å². The molecule has 1 fully saturated rings. The molecule has 3 heteroatoms. The van der Waals surface area contributed by atoms with Crippen molar-refractivity contribution in [3.8, 4) is 0 Å². The number of hydrogen-bond donors (Lipinski definition) is 1. The fraction of sp³-hybridized carbons (Fsp3) is 0.600. The predicted octanol–water partition coefficient (Wildman–Crippen LogP) is 1.80. The van der Waals surface area contributed by atoms with Crippen molar-refractivity contribution in [3.63, 3.8) is 0 Å². The van der Waals surface area contributed by atoms with Gasteiger partial charge in [-0.1, -0.05) is 24.3 Å². The second kappa shape index (κ2) is 6.88. The van der Waals surface area contributed by atoms with Crippen LogP contribution in [0, 0.1) is 0 Å². The Kier molecular flexibility index (Phi) is 5.17. The molecule has 0 aromatic heterocycles. The summed E-state index contributed by atoms with van der Waals surface area (Å²) in [6.07, 6.45) is 3.41. The molecule has 3 nitrogen and oxygen atoms in total. The molecule has 2 N–H and O–H groups in total. The van der Waals surface area contributed by atoms with Gasteiger partial charge >= 0.3 is 0 Å². The van der Waals surface area contributed by atoms with Crippen LogP contribution in [0.4, 0.5) is 0 Å². The van der Waals surface area contributed by atoms with Gasteiger partial charge in [0.2, 0.25) is 0 Å². The minimum absolute atomic E-state index is 0.636. The molecule has 0 atom stereocenters. The third kappa shape index (κ3) is 3.55. The van der Waals surface area contributed by atoms with E-state index < -0.39 is 0 Å². The molecule has 1 aromatic carbocycles. The van der Waals surface area contributed by atoms with Crippen molar-refractivity contribution >= 4 is 0 Å². The molecule has 0 unspecified atom stereocenters. The van der Waals surface area contributed by atoms with E-state index in [-0.39, 0.29) is 0 Å². The van der Waals surface area contributed by atoms with Crippen molar-refractivity contribution < 1.29 is 4.74 Å². The molecule has 1 aromatic rings. The van der Waals surface area contributed by atoms with Gasteiger partial charge in [-0.3, -0.25) is 0 Å². The first-order valence-electron chi connectivity index (χ1n) is 6.86. The molecule has 0 saturated carbocycles. The highest BCUT2D eigenvalue weighted by Crippen LogP contribution is 2.14. The topological polar surface area (TPSA) is 38.5 Å². The quantitative estimate of drug-likeness (QED) is 0.863. The molecule has 100 valence electrons. The van der Waals surface area contributed by atoms with Gasteiger partial charge in [-0.05, 0) is 37.4 Å². The van der Waals surface area contributed by atoms with Crippen LogP contribution in [-0.4, -0.2) is 37.7 Å². The van der Waals surface area contributed by atoms with Crippen molar-refractivity contribution in [3.05, 3.63) is 35.4 Å². The lowest BCUT2D eigenvalue weighted by atomic mass is 10.0. The second-order valence-electron chi connectivity index (χ2n) is 5.05. The van der Waals surface area contributed by atoms with E-state index in [2.05, 4.69) is 36.2 Å². The van der Waals surface area contributed by atoms with Crippen LogP contribution in [0.25, 0.3) is 0 Å². The highest BCUT2D eigenvalue weighted by Gasteiger charge is 2.18. The Morgan fingerprint density at radius 1 is 1.22 bits per heavy atom. The van der Waals surface area contributed by atoms with E-state index in [0.717, 1.165) is 39.0 Å². The van der Waals surface area contributed by atoms with E-state index in [1.54, 1.807) is 0 Å². The van der Waals surface area contributed by atoms with Crippen LogP contribution in [0.1, 0.15) is 24.0 Å². The first-order chi connectivity index (χ1) is 8.81. The fourth-order valence-electron chi connectivity index (χ4n) is 2.61. The maximum absolute atomic E-state index is 5.77. The van der Waals surface area contributed by atoms with Gasteiger partial charge < -0.3 is 15.4 Å². The lowest BCUT2D eigenvalue weighted by Gasteiger charge is -2.31. The molecule has 1 aliphatic heterocycles. The van der Waals surface area contributed by atoms with Crippen molar-refractivity contribution in [2.24, 2.45) is 5.73 Å². The third-order valence-electron chi connectivity index (χ3n) is 3.89. The summed E-state index contributed by atoms with van der Waals surface area (Å²) < 4.78 is 5.41. The van der Waals surface area contributed by atoms with E-state index in [9.17, 15) is 0 Å². The second-order valence-corrected chi connectivity index (χ2v) is 5.05. The minimum Gasteiger partial charge on any atom is -0.381 e. The molecule has 2 rings (SSSR count). The zero-order chi connectivity index (χ0) is 12.8. The maximum Gasteiger partial charge on any atom is 0.0480 e. The predicted molar refractivity (Wildman–Crippen MR) is 74.5 cm³/mol. The monoisotopic (exact) mass is 248 g/mol. The summed E-state index contributed by atoms with van der Waals surface area (Å²) >= 11 is 0. The maximum atomic E-state index is 5.77. The third-order valence-corrected chi connectivity index (χ3v) is 3.89. The standard InChI is InChI=1S/C15H24N2O/c1-17(15-7-10-18-11-8-15)9-6-13-4-2-3-5-14(13)12-16/h2-5,15H,6-12,16H2,1H3. The zero-order valence-corrected chi connectivity index (χ0v) is 11.3. The van der Waals surface area contributed by atoms with Crippen LogP contribution in [0.2, 0.25) is 0 Å². The van der Waals surface area contributed by atoms with Crippen molar-refractivity contribution in [2.45, 2.75) is 31.8 Å². The van der Waals surface area contributed by atoms with Gasteiger partial charge in [0.05, 0.1) is 0 Å². The number of ether oxygens (including phenoxy) is 1. The Labute approximate surface area is 110 Å². The van der Waals surface area contributed by atoms with Gasteiger partial charge in [-0.2, -0.15) is 0 Å². The molecule has 0 radical (unpaired) electrons. The van der Waals surface area contributed by atoms with E-state index >= 15 is 0 Å².